The lowest BCUT2D eigenvalue weighted by Crippen LogP contribution is -2.44. The van der Waals surface area contributed by atoms with E-state index >= 15 is 0 Å². The minimum Gasteiger partial charge on any atom is -0.481 e. The number of hydrogen-bond acceptors (Lipinski definition) is 3. The lowest BCUT2D eigenvalue weighted by atomic mass is 10.1. The number of hydrogen-bond donors (Lipinski definition) is 2. The summed E-state index contributed by atoms with van der Waals surface area (Å²) in [5, 5.41) is 10.6. The molecule has 1 aliphatic heterocycles. The van der Waals surface area contributed by atoms with E-state index < -0.39 is 17.9 Å². The standard InChI is InChI=1S/C11H18N2O4/c1-7-5-8(2)13(6-7)11(17)12-9(14)3-4-10(15)16/h7-8H,3-6H2,1-2H3,(H,15,16)(H,12,14,17). The summed E-state index contributed by atoms with van der Waals surface area (Å²) in [5.74, 6) is -1.15. The van der Waals surface area contributed by atoms with Gasteiger partial charge in [0.2, 0.25) is 5.91 Å². The van der Waals surface area contributed by atoms with Crippen molar-refractivity contribution in [2.45, 2.75) is 39.2 Å². The van der Waals surface area contributed by atoms with Gasteiger partial charge < -0.3 is 10.0 Å². The van der Waals surface area contributed by atoms with Gasteiger partial charge in [-0.2, -0.15) is 0 Å². The summed E-state index contributed by atoms with van der Waals surface area (Å²) in [6.45, 7) is 4.63. The third-order valence-corrected chi connectivity index (χ3v) is 2.86. The summed E-state index contributed by atoms with van der Waals surface area (Å²) in [4.78, 5) is 34.9. The fourth-order valence-corrected chi connectivity index (χ4v) is 2.06. The number of amides is 3. The molecule has 2 atom stereocenters. The van der Waals surface area contributed by atoms with E-state index in [1.165, 1.54) is 0 Å². The molecule has 17 heavy (non-hydrogen) atoms. The van der Waals surface area contributed by atoms with Crippen molar-refractivity contribution in [1.29, 1.82) is 0 Å². The van der Waals surface area contributed by atoms with Crippen LogP contribution in [0.25, 0.3) is 0 Å². The van der Waals surface area contributed by atoms with Crippen LogP contribution in [0.1, 0.15) is 33.1 Å². The number of urea groups is 1. The Bertz CT molecular complexity index is 329. The Kier molecular flexibility index (Phi) is 4.48. The van der Waals surface area contributed by atoms with Gasteiger partial charge in [0.25, 0.3) is 0 Å². The molecule has 0 radical (unpaired) electrons. The third kappa shape index (κ3) is 4.05. The van der Waals surface area contributed by atoms with Gasteiger partial charge in [-0.1, -0.05) is 6.92 Å². The first-order chi connectivity index (χ1) is 7.90. The molecule has 1 rings (SSSR count). The first kappa shape index (κ1) is 13.5. The maximum atomic E-state index is 11.7. The zero-order valence-corrected chi connectivity index (χ0v) is 10.1. The lowest BCUT2D eigenvalue weighted by Gasteiger charge is -2.21. The second kappa shape index (κ2) is 5.65. The molecule has 3 amide bonds. The van der Waals surface area contributed by atoms with Crippen LogP contribution in [0.15, 0.2) is 0 Å². The van der Waals surface area contributed by atoms with Crippen molar-refractivity contribution in [3.05, 3.63) is 0 Å². The summed E-state index contributed by atoms with van der Waals surface area (Å²) in [6.07, 6.45) is 0.501. The van der Waals surface area contributed by atoms with Crippen LogP contribution in [0.2, 0.25) is 0 Å². The number of imide groups is 1. The fourth-order valence-electron chi connectivity index (χ4n) is 2.06. The first-order valence-electron chi connectivity index (χ1n) is 5.72. The van der Waals surface area contributed by atoms with E-state index in [0.717, 1.165) is 6.42 Å². The Morgan fingerprint density at radius 3 is 2.41 bits per heavy atom. The van der Waals surface area contributed by atoms with Gasteiger partial charge in [-0.15, -0.1) is 0 Å². The number of rotatable bonds is 3. The van der Waals surface area contributed by atoms with Crippen molar-refractivity contribution < 1.29 is 19.5 Å². The van der Waals surface area contributed by atoms with Crippen LogP contribution in [0.5, 0.6) is 0 Å². The normalized spacial score (nSPS) is 23.5. The van der Waals surface area contributed by atoms with Crippen LogP contribution >= 0.6 is 0 Å². The molecule has 2 unspecified atom stereocenters. The zero-order valence-electron chi connectivity index (χ0n) is 10.1. The van der Waals surface area contributed by atoms with Gasteiger partial charge in [0.15, 0.2) is 0 Å². The predicted molar refractivity (Wildman–Crippen MR) is 60.4 cm³/mol. The summed E-state index contributed by atoms with van der Waals surface area (Å²) in [7, 11) is 0. The van der Waals surface area contributed by atoms with Gasteiger partial charge in [0.1, 0.15) is 0 Å². The molecule has 1 heterocycles. The van der Waals surface area contributed by atoms with Crippen LogP contribution < -0.4 is 5.32 Å². The molecule has 0 bridgehead atoms. The molecule has 0 spiro atoms. The van der Waals surface area contributed by atoms with E-state index in [1.54, 1.807) is 4.90 Å². The molecule has 0 aromatic rings. The van der Waals surface area contributed by atoms with E-state index in [0.29, 0.717) is 12.5 Å². The van der Waals surface area contributed by atoms with Gasteiger partial charge in [-0.25, -0.2) is 4.79 Å². The van der Waals surface area contributed by atoms with Crippen LogP contribution in [0, 0.1) is 5.92 Å². The highest BCUT2D eigenvalue weighted by Gasteiger charge is 2.30. The Balaban J connectivity index is 2.38. The van der Waals surface area contributed by atoms with E-state index in [4.69, 9.17) is 5.11 Å². The van der Waals surface area contributed by atoms with Crippen molar-refractivity contribution in [1.82, 2.24) is 10.2 Å². The maximum absolute atomic E-state index is 11.7. The fraction of sp³-hybridized carbons (Fsp3) is 0.727. The minimum absolute atomic E-state index is 0.122. The van der Waals surface area contributed by atoms with Gasteiger partial charge >= 0.3 is 12.0 Å². The highest BCUT2D eigenvalue weighted by Crippen LogP contribution is 2.21. The average molecular weight is 242 g/mol. The summed E-state index contributed by atoms with van der Waals surface area (Å²) in [6, 6.07) is -0.297. The van der Waals surface area contributed by atoms with E-state index in [-0.39, 0.29) is 18.9 Å². The molecular formula is C11H18N2O4. The Labute approximate surface area is 100.0 Å². The largest absolute Gasteiger partial charge is 0.481 e. The van der Waals surface area contributed by atoms with Gasteiger partial charge in [-0.05, 0) is 19.3 Å². The number of carboxylic acid groups (broad SMARTS) is 1. The number of carbonyl (C=O) groups is 3. The van der Waals surface area contributed by atoms with Crippen LogP contribution in [0.3, 0.4) is 0 Å². The molecule has 0 aliphatic carbocycles. The first-order valence-corrected chi connectivity index (χ1v) is 5.72. The Hall–Kier alpha value is -1.59. The minimum atomic E-state index is -1.05. The second-order valence-electron chi connectivity index (χ2n) is 4.59. The highest BCUT2D eigenvalue weighted by molar-refractivity contribution is 5.95. The molecule has 1 saturated heterocycles. The number of carbonyl (C=O) groups excluding carboxylic acids is 2. The number of likely N-dealkylation sites (tertiary alicyclic amines) is 1. The van der Waals surface area contributed by atoms with Crippen molar-refractivity contribution in [2.24, 2.45) is 5.92 Å². The van der Waals surface area contributed by atoms with Crippen molar-refractivity contribution in [3.8, 4) is 0 Å². The molecule has 1 fully saturated rings. The van der Waals surface area contributed by atoms with Gasteiger partial charge in [0.05, 0.1) is 6.42 Å². The number of carboxylic acids is 1. The van der Waals surface area contributed by atoms with E-state index in [9.17, 15) is 14.4 Å². The topological polar surface area (TPSA) is 86.7 Å². The molecule has 2 N–H and O–H groups in total. The Morgan fingerprint density at radius 2 is 1.94 bits per heavy atom. The number of nitrogens with one attached hydrogen (secondary N) is 1. The molecule has 1 aliphatic rings. The zero-order chi connectivity index (χ0) is 13.0. The second-order valence-corrected chi connectivity index (χ2v) is 4.59. The number of aliphatic carboxylic acids is 1. The summed E-state index contributed by atoms with van der Waals surface area (Å²) >= 11 is 0. The highest BCUT2D eigenvalue weighted by atomic mass is 16.4. The predicted octanol–water partition coefficient (Wildman–Crippen LogP) is 0.818. The molecule has 6 nitrogen and oxygen atoms in total. The molecule has 96 valence electrons. The van der Waals surface area contributed by atoms with Crippen molar-refractivity contribution in [2.75, 3.05) is 6.54 Å². The number of nitrogens with zero attached hydrogens (tertiary/aromatic N) is 1. The molecule has 0 aromatic heterocycles. The molecule has 6 heteroatoms. The van der Waals surface area contributed by atoms with Crippen LogP contribution in [-0.2, 0) is 9.59 Å². The quantitative estimate of drug-likeness (QED) is 0.767. The molecule has 0 aromatic carbocycles. The van der Waals surface area contributed by atoms with Crippen molar-refractivity contribution >= 4 is 17.9 Å². The average Bonchev–Trinajstić information content (AvgIpc) is 2.55. The monoisotopic (exact) mass is 242 g/mol. The molecular weight excluding hydrogens is 224 g/mol. The van der Waals surface area contributed by atoms with E-state index in [1.807, 2.05) is 6.92 Å². The van der Waals surface area contributed by atoms with Crippen LogP contribution in [-0.4, -0.2) is 40.5 Å². The SMILES string of the molecule is CC1CC(C)N(C(=O)NC(=O)CCC(=O)O)C1. The van der Waals surface area contributed by atoms with Gasteiger partial charge in [0, 0.05) is 19.0 Å². The lowest BCUT2D eigenvalue weighted by molar-refractivity contribution is -0.138. The Morgan fingerprint density at radius 1 is 1.29 bits per heavy atom. The maximum Gasteiger partial charge on any atom is 0.324 e. The smallest absolute Gasteiger partial charge is 0.324 e. The molecule has 0 saturated carbocycles. The third-order valence-electron chi connectivity index (χ3n) is 2.86. The summed E-state index contributed by atoms with van der Waals surface area (Å²) < 4.78 is 0. The summed E-state index contributed by atoms with van der Waals surface area (Å²) in [5.41, 5.74) is 0. The van der Waals surface area contributed by atoms with Crippen molar-refractivity contribution in [3.63, 3.8) is 0 Å². The van der Waals surface area contributed by atoms with E-state index in [2.05, 4.69) is 12.2 Å². The van der Waals surface area contributed by atoms with Crippen LogP contribution in [0.4, 0.5) is 4.79 Å². The van der Waals surface area contributed by atoms with Gasteiger partial charge in [-0.3, -0.25) is 14.9 Å².